The third-order valence-electron chi connectivity index (χ3n) is 2.89. The maximum absolute atomic E-state index is 10.4. The fourth-order valence-electron chi connectivity index (χ4n) is 1.74. The summed E-state index contributed by atoms with van der Waals surface area (Å²) in [5.74, 6) is -1.57. The van der Waals surface area contributed by atoms with E-state index < -0.39 is 18.0 Å². The molecule has 0 aromatic heterocycles. The first-order valence-corrected chi connectivity index (χ1v) is 6.51. The molecule has 1 aromatic rings. The molecule has 2 rings (SSSR count). The van der Waals surface area contributed by atoms with Crippen molar-refractivity contribution in [1.29, 1.82) is 0 Å². The third-order valence-corrected chi connectivity index (χ3v) is 2.89. The summed E-state index contributed by atoms with van der Waals surface area (Å²) in [4.78, 5) is 20.6. The van der Waals surface area contributed by atoms with Crippen LogP contribution in [0, 0.1) is 0 Å². The molecule has 20 heavy (non-hydrogen) atoms. The first-order valence-electron chi connectivity index (χ1n) is 6.51. The van der Waals surface area contributed by atoms with E-state index in [-0.39, 0.29) is 6.04 Å². The second-order valence-corrected chi connectivity index (χ2v) is 4.56. The zero-order chi connectivity index (χ0) is 15.0. The van der Waals surface area contributed by atoms with Crippen molar-refractivity contribution in [3.63, 3.8) is 0 Å². The number of rotatable bonds is 4. The van der Waals surface area contributed by atoms with Crippen LogP contribution < -0.4 is 10.6 Å². The van der Waals surface area contributed by atoms with Gasteiger partial charge >= 0.3 is 11.9 Å². The molecule has 4 N–H and O–H groups in total. The molecule has 0 aliphatic carbocycles. The molecule has 0 radical (unpaired) electrons. The van der Waals surface area contributed by atoms with Crippen molar-refractivity contribution in [1.82, 2.24) is 5.32 Å². The quantitative estimate of drug-likeness (QED) is 0.665. The van der Waals surface area contributed by atoms with Gasteiger partial charge in [-0.25, -0.2) is 0 Å². The van der Waals surface area contributed by atoms with Crippen LogP contribution in [0.4, 0.5) is 5.69 Å². The second kappa shape index (κ2) is 8.16. The summed E-state index contributed by atoms with van der Waals surface area (Å²) >= 11 is 0. The average Bonchev–Trinajstić information content (AvgIpc) is 2.94. The monoisotopic (exact) mass is 280 g/mol. The maximum atomic E-state index is 10.4. The van der Waals surface area contributed by atoms with Crippen LogP contribution in [0.5, 0.6) is 0 Å². The van der Waals surface area contributed by atoms with Crippen molar-refractivity contribution < 1.29 is 19.8 Å². The number of carbonyl (C=O) groups is 2. The number of aliphatic carboxylic acids is 2. The first-order chi connectivity index (χ1) is 9.50. The Morgan fingerprint density at radius 1 is 1.30 bits per heavy atom. The number of carboxylic acid groups (broad SMARTS) is 2. The van der Waals surface area contributed by atoms with Crippen LogP contribution >= 0.6 is 0 Å². The van der Waals surface area contributed by atoms with Gasteiger partial charge in [-0.3, -0.25) is 9.59 Å². The lowest BCUT2D eigenvalue weighted by molar-refractivity contribution is -0.139. The topological polar surface area (TPSA) is 98.7 Å². The predicted octanol–water partition coefficient (Wildman–Crippen LogP) is 1.39. The minimum atomic E-state index is -0.848. The predicted molar refractivity (Wildman–Crippen MR) is 75.8 cm³/mol. The van der Waals surface area contributed by atoms with Gasteiger partial charge in [-0.2, -0.15) is 0 Å². The Balaban J connectivity index is 0.000000217. The Kier molecular flexibility index (Phi) is 6.52. The standard InChI is InChI=1S/C9H11NO2.C5H9NO2/c1-7(9(11)12)10-8-5-3-2-4-6-8;7-5(8)4-2-1-3-6-4/h2-7,10H,1H3,(H,11,12);4,6H,1-3H2,(H,7,8)/t7-;4-/m00/s1. The van der Waals surface area contributed by atoms with Crippen LogP contribution in [0.25, 0.3) is 0 Å². The molecule has 1 fully saturated rings. The fourth-order valence-corrected chi connectivity index (χ4v) is 1.74. The van der Waals surface area contributed by atoms with Crippen molar-refractivity contribution in [3.8, 4) is 0 Å². The summed E-state index contributed by atoms with van der Waals surface area (Å²) in [6.07, 6.45) is 1.78. The van der Waals surface area contributed by atoms with Crippen molar-refractivity contribution >= 4 is 17.6 Å². The van der Waals surface area contributed by atoms with Gasteiger partial charge in [0.1, 0.15) is 12.1 Å². The summed E-state index contributed by atoms with van der Waals surface area (Å²) in [6.45, 7) is 2.46. The van der Waals surface area contributed by atoms with E-state index in [4.69, 9.17) is 10.2 Å². The van der Waals surface area contributed by atoms with E-state index >= 15 is 0 Å². The highest BCUT2D eigenvalue weighted by atomic mass is 16.4. The van der Waals surface area contributed by atoms with E-state index in [1.54, 1.807) is 6.92 Å². The second-order valence-electron chi connectivity index (χ2n) is 4.56. The molecule has 2 atom stereocenters. The van der Waals surface area contributed by atoms with Gasteiger partial charge in [0.05, 0.1) is 0 Å². The van der Waals surface area contributed by atoms with Gasteiger partial charge in [-0.15, -0.1) is 0 Å². The molecule has 1 saturated heterocycles. The van der Waals surface area contributed by atoms with Crippen molar-refractivity contribution in [2.45, 2.75) is 31.8 Å². The van der Waals surface area contributed by atoms with E-state index in [9.17, 15) is 9.59 Å². The molecule has 1 aromatic carbocycles. The van der Waals surface area contributed by atoms with Crippen molar-refractivity contribution in [2.24, 2.45) is 0 Å². The lowest BCUT2D eigenvalue weighted by Crippen LogP contribution is -2.29. The molecule has 0 spiro atoms. The number of para-hydroxylation sites is 1. The average molecular weight is 280 g/mol. The van der Waals surface area contributed by atoms with Crippen molar-refractivity contribution in [2.75, 3.05) is 11.9 Å². The van der Waals surface area contributed by atoms with E-state index in [1.165, 1.54) is 0 Å². The van der Waals surface area contributed by atoms with Crippen molar-refractivity contribution in [3.05, 3.63) is 30.3 Å². The summed E-state index contributed by atoms with van der Waals surface area (Å²) in [6, 6.07) is 8.45. The third kappa shape index (κ3) is 5.71. The number of anilines is 1. The molecule has 6 heteroatoms. The maximum Gasteiger partial charge on any atom is 0.325 e. The van der Waals surface area contributed by atoms with E-state index in [0.717, 1.165) is 25.1 Å². The molecule has 6 nitrogen and oxygen atoms in total. The number of nitrogens with one attached hydrogen (secondary N) is 2. The summed E-state index contributed by atoms with van der Waals surface area (Å²) in [5, 5.41) is 22.6. The van der Waals surface area contributed by atoms with Gasteiger partial charge in [0.25, 0.3) is 0 Å². The zero-order valence-corrected chi connectivity index (χ0v) is 11.4. The highest BCUT2D eigenvalue weighted by Crippen LogP contribution is 2.06. The van der Waals surface area contributed by atoms with E-state index in [2.05, 4.69) is 10.6 Å². The minimum Gasteiger partial charge on any atom is -0.480 e. The zero-order valence-electron chi connectivity index (χ0n) is 11.4. The molecule has 110 valence electrons. The fraction of sp³-hybridized carbons (Fsp3) is 0.429. The van der Waals surface area contributed by atoms with Gasteiger partial charge in [0, 0.05) is 5.69 Å². The number of hydrogen-bond acceptors (Lipinski definition) is 4. The molecular formula is C14H20N2O4. The van der Waals surface area contributed by atoms with Crippen LogP contribution in [-0.2, 0) is 9.59 Å². The number of benzene rings is 1. The van der Waals surface area contributed by atoms with E-state index in [0.29, 0.717) is 0 Å². The smallest absolute Gasteiger partial charge is 0.325 e. The lowest BCUT2D eigenvalue weighted by Gasteiger charge is -2.09. The lowest BCUT2D eigenvalue weighted by atomic mass is 10.2. The normalized spacial score (nSPS) is 18.6. The Hall–Kier alpha value is -2.08. The van der Waals surface area contributed by atoms with Crippen LogP contribution in [0.2, 0.25) is 0 Å². The van der Waals surface area contributed by atoms with Gasteiger partial charge in [0.15, 0.2) is 0 Å². The molecule has 0 bridgehead atoms. The number of hydrogen-bond donors (Lipinski definition) is 4. The summed E-state index contributed by atoms with van der Waals surface area (Å²) in [5.41, 5.74) is 0.826. The molecule has 0 unspecified atom stereocenters. The Bertz CT molecular complexity index is 430. The Morgan fingerprint density at radius 2 is 1.95 bits per heavy atom. The molecule has 0 saturated carbocycles. The highest BCUT2D eigenvalue weighted by molar-refractivity contribution is 5.76. The largest absolute Gasteiger partial charge is 0.480 e. The van der Waals surface area contributed by atoms with Crippen LogP contribution in [0.1, 0.15) is 19.8 Å². The van der Waals surface area contributed by atoms with Crippen LogP contribution in [0.15, 0.2) is 30.3 Å². The molecular weight excluding hydrogens is 260 g/mol. The minimum absolute atomic E-state index is 0.269. The Morgan fingerprint density at radius 3 is 2.35 bits per heavy atom. The Labute approximate surface area is 117 Å². The van der Waals surface area contributed by atoms with Gasteiger partial charge in [-0.1, -0.05) is 18.2 Å². The molecule has 1 aliphatic heterocycles. The van der Waals surface area contributed by atoms with Gasteiger partial charge in [0.2, 0.25) is 0 Å². The molecule has 0 amide bonds. The summed E-state index contributed by atoms with van der Waals surface area (Å²) < 4.78 is 0. The van der Waals surface area contributed by atoms with Gasteiger partial charge in [-0.05, 0) is 38.4 Å². The molecule has 1 aliphatic rings. The van der Waals surface area contributed by atoms with Crippen LogP contribution in [-0.4, -0.2) is 40.8 Å². The van der Waals surface area contributed by atoms with Crippen LogP contribution in [0.3, 0.4) is 0 Å². The highest BCUT2D eigenvalue weighted by Gasteiger charge is 2.20. The summed E-state index contributed by atoms with van der Waals surface area (Å²) in [7, 11) is 0. The van der Waals surface area contributed by atoms with Gasteiger partial charge < -0.3 is 20.8 Å². The van der Waals surface area contributed by atoms with E-state index in [1.807, 2.05) is 30.3 Å². The SMILES string of the molecule is C[C@H](Nc1ccccc1)C(=O)O.O=C(O)[C@@H]1CCCN1. The first kappa shape index (κ1) is 16.0. The molecule has 1 heterocycles. The number of carboxylic acids is 2.